The maximum Gasteiger partial charge on any atom is 0.236 e. The largest absolute Gasteiger partial charge is 0.342 e. The van der Waals surface area contributed by atoms with Crippen LogP contribution >= 0.6 is 11.3 Å². The summed E-state index contributed by atoms with van der Waals surface area (Å²) in [5, 5.41) is 1.21. The summed E-state index contributed by atoms with van der Waals surface area (Å²) in [4.78, 5) is 22.1. The third-order valence-electron chi connectivity index (χ3n) is 6.21. The molecule has 0 radical (unpaired) electrons. The number of fused-ring (bicyclic) bond motifs is 1. The van der Waals surface area contributed by atoms with Crippen molar-refractivity contribution in [1.82, 2.24) is 14.8 Å². The molecular weight excluding hydrogens is 397 g/mol. The maximum absolute atomic E-state index is 13.2. The molecule has 0 N–H and O–H groups in total. The van der Waals surface area contributed by atoms with Crippen molar-refractivity contribution in [1.29, 1.82) is 0 Å². The van der Waals surface area contributed by atoms with Gasteiger partial charge in [0.2, 0.25) is 5.91 Å². The zero-order chi connectivity index (χ0) is 20.5. The Morgan fingerprint density at radius 1 is 1.07 bits per heavy atom. The Kier molecular flexibility index (Phi) is 5.52. The Hall–Kier alpha value is -2.31. The van der Waals surface area contributed by atoms with Crippen LogP contribution < -0.4 is 0 Å². The summed E-state index contributed by atoms with van der Waals surface area (Å²) in [5.41, 5.74) is 2.14. The van der Waals surface area contributed by atoms with E-state index in [0.717, 1.165) is 49.9 Å². The molecule has 1 amide bonds. The Morgan fingerprint density at radius 2 is 1.80 bits per heavy atom. The smallest absolute Gasteiger partial charge is 0.236 e. The Labute approximate surface area is 180 Å². The number of hydrogen-bond acceptors (Lipinski definition) is 4. The minimum atomic E-state index is -0.219. The minimum absolute atomic E-state index is 0.215. The van der Waals surface area contributed by atoms with Crippen molar-refractivity contribution in [3.8, 4) is 0 Å². The molecule has 3 aromatic rings. The molecule has 30 heavy (non-hydrogen) atoms. The second kappa shape index (κ2) is 8.44. The van der Waals surface area contributed by atoms with E-state index < -0.39 is 0 Å². The number of piperidine rings is 1. The Balaban J connectivity index is 1.18. The van der Waals surface area contributed by atoms with Crippen LogP contribution in [0.1, 0.15) is 42.2 Å². The van der Waals surface area contributed by atoms with Crippen LogP contribution in [0.2, 0.25) is 0 Å². The number of para-hydroxylation sites is 1. The third-order valence-corrected chi connectivity index (χ3v) is 7.41. The van der Waals surface area contributed by atoms with Crippen LogP contribution in [-0.2, 0) is 11.3 Å². The molecule has 1 aromatic heterocycles. The van der Waals surface area contributed by atoms with Crippen LogP contribution in [0.15, 0.2) is 48.5 Å². The van der Waals surface area contributed by atoms with E-state index in [-0.39, 0.29) is 11.7 Å². The maximum atomic E-state index is 13.2. The number of nitrogens with zero attached hydrogens (tertiary/aromatic N) is 3. The average molecular weight is 424 g/mol. The van der Waals surface area contributed by atoms with E-state index in [1.807, 2.05) is 23.1 Å². The number of hydrogen-bond donors (Lipinski definition) is 0. The van der Waals surface area contributed by atoms with E-state index >= 15 is 0 Å². The fourth-order valence-corrected chi connectivity index (χ4v) is 5.43. The average Bonchev–Trinajstić information content (AvgIpc) is 3.53. The van der Waals surface area contributed by atoms with Crippen LogP contribution in [0.5, 0.6) is 0 Å². The van der Waals surface area contributed by atoms with Crippen molar-refractivity contribution in [3.63, 3.8) is 0 Å². The Bertz CT molecular complexity index is 989. The molecule has 0 atom stereocenters. The van der Waals surface area contributed by atoms with Gasteiger partial charge in [0.25, 0.3) is 0 Å². The van der Waals surface area contributed by atoms with Crippen LogP contribution in [0.3, 0.4) is 0 Å². The first kappa shape index (κ1) is 19.6. The first-order chi connectivity index (χ1) is 14.7. The lowest BCUT2D eigenvalue weighted by Gasteiger charge is -2.33. The van der Waals surface area contributed by atoms with Gasteiger partial charge in [0.15, 0.2) is 0 Å². The van der Waals surface area contributed by atoms with Crippen LogP contribution in [0.4, 0.5) is 4.39 Å². The normalized spacial score (nSPS) is 17.7. The van der Waals surface area contributed by atoms with Crippen LogP contribution in [-0.4, -0.2) is 46.4 Å². The lowest BCUT2D eigenvalue weighted by Crippen LogP contribution is -2.44. The van der Waals surface area contributed by atoms with Gasteiger partial charge in [-0.3, -0.25) is 9.69 Å². The molecule has 5 rings (SSSR count). The number of carbonyl (C=O) groups is 1. The van der Waals surface area contributed by atoms with E-state index in [9.17, 15) is 9.18 Å². The summed E-state index contributed by atoms with van der Waals surface area (Å²) >= 11 is 1.79. The summed E-state index contributed by atoms with van der Waals surface area (Å²) in [7, 11) is 0. The van der Waals surface area contributed by atoms with Crippen molar-refractivity contribution in [2.75, 3.05) is 19.6 Å². The molecule has 2 fully saturated rings. The van der Waals surface area contributed by atoms with Gasteiger partial charge in [-0.15, -0.1) is 11.3 Å². The van der Waals surface area contributed by atoms with Crippen molar-refractivity contribution < 1.29 is 9.18 Å². The first-order valence-electron chi connectivity index (χ1n) is 10.8. The molecule has 2 aromatic carbocycles. The lowest BCUT2D eigenvalue weighted by molar-refractivity contribution is -0.133. The summed E-state index contributed by atoms with van der Waals surface area (Å²) in [6, 6.07) is 15.4. The monoisotopic (exact) mass is 423 g/mol. The van der Waals surface area contributed by atoms with Gasteiger partial charge in [0, 0.05) is 31.6 Å². The summed E-state index contributed by atoms with van der Waals surface area (Å²) in [6.45, 7) is 2.76. The van der Waals surface area contributed by atoms with Gasteiger partial charge in [-0.1, -0.05) is 24.3 Å². The van der Waals surface area contributed by atoms with Crippen molar-refractivity contribution in [3.05, 3.63) is 64.9 Å². The number of carbonyl (C=O) groups excluding carboxylic acids is 1. The van der Waals surface area contributed by atoms with Crippen molar-refractivity contribution in [2.24, 2.45) is 0 Å². The molecule has 6 heteroatoms. The van der Waals surface area contributed by atoms with Gasteiger partial charge < -0.3 is 4.90 Å². The zero-order valence-corrected chi connectivity index (χ0v) is 17.8. The second-order valence-electron chi connectivity index (χ2n) is 8.44. The van der Waals surface area contributed by atoms with E-state index in [0.29, 0.717) is 25.0 Å². The molecule has 2 heterocycles. The van der Waals surface area contributed by atoms with Gasteiger partial charge in [0.1, 0.15) is 5.82 Å². The number of thiazole rings is 1. The molecule has 4 nitrogen and oxygen atoms in total. The zero-order valence-electron chi connectivity index (χ0n) is 17.0. The molecule has 1 aliphatic carbocycles. The number of rotatable bonds is 6. The molecule has 0 unspecified atom stereocenters. The Morgan fingerprint density at radius 3 is 2.50 bits per heavy atom. The fraction of sp³-hybridized carbons (Fsp3) is 0.417. The summed E-state index contributed by atoms with van der Waals surface area (Å²) in [6.07, 6.45) is 4.25. The van der Waals surface area contributed by atoms with E-state index in [1.165, 1.54) is 21.8 Å². The van der Waals surface area contributed by atoms with E-state index in [2.05, 4.69) is 23.1 Å². The highest BCUT2D eigenvalue weighted by Crippen LogP contribution is 2.34. The van der Waals surface area contributed by atoms with Gasteiger partial charge in [-0.05, 0) is 55.5 Å². The van der Waals surface area contributed by atoms with Crippen molar-refractivity contribution >= 4 is 27.5 Å². The molecular formula is C24H26FN3OS. The molecule has 0 bridgehead atoms. The van der Waals surface area contributed by atoms with Gasteiger partial charge >= 0.3 is 0 Å². The number of aromatic nitrogens is 1. The second-order valence-corrected chi connectivity index (χ2v) is 9.50. The fourth-order valence-electron chi connectivity index (χ4n) is 4.29. The SMILES string of the molecule is O=C(CN(Cc1ccc(F)cc1)C1CC1)N1CCC(c2nc3ccccc3s2)CC1. The third kappa shape index (κ3) is 4.40. The number of amides is 1. The van der Waals surface area contributed by atoms with Gasteiger partial charge in [0.05, 0.1) is 21.8 Å². The molecule has 0 spiro atoms. The van der Waals surface area contributed by atoms with Gasteiger partial charge in [-0.2, -0.15) is 0 Å². The molecule has 156 valence electrons. The van der Waals surface area contributed by atoms with Gasteiger partial charge in [-0.25, -0.2) is 9.37 Å². The number of benzene rings is 2. The standard InChI is InChI=1S/C24H26FN3OS/c25-19-7-5-17(6-8-19)15-28(20-9-10-20)16-23(29)27-13-11-18(12-14-27)24-26-21-3-1-2-4-22(21)30-24/h1-8,18,20H,9-16H2. The summed E-state index contributed by atoms with van der Waals surface area (Å²) < 4.78 is 14.4. The highest BCUT2D eigenvalue weighted by atomic mass is 32.1. The molecule has 1 saturated carbocycles. The molecule has 2 aliphatic rings. The lowest BCUT2D eigenvalue weighted by atomic mass is 9.97. The highest BCUT2D eigenvalue weighted by Gasteiger charge is 2.32. The van der Waals surface area contributed by atoms with E-state index in [1.54, 1.807) is 11.3 Å². The number of likely N-dealkylation sites (tertiary alicyclic amines) is 1. The first-order valence-corrected chi connectivity index (χ1v) is 11.6. The van der Waals surface area contributed by atoms with Crippen molar-refractivity contribution in [2.45, 2.75) is 44.2 Å². The summed E-state index contributed by atoms with van der Waals surface area (Å²) in [5.74, 6) is 0.445. The van der Waals surface area contributed by atoms with Crippen LogP contribution in [0.25, 0.3) is 10.2 Å². The van der Waals surface area contributed by atoms with Crippen LogP contribution in [0, 0.1) is 5.82 Å². The highest BCUT2D eigenvalue weighted by molar-refractivity contribution is 7.18. The molecule has 1 aliphatic heterocycles. The topological polar surface area (TPSA) is 36.4 Å². The quantitative estimate of drug-likeness (QED) is 0.571. The number of halogens is 1. The predicted octanol–water partition coefficient (Wildman–Crippen LogP) is 4.81. The predicted molar refractivity (Wildman–Crippen MR) is 118 cm³/mol. The van der Waals surface area contributed by atoms with E-state index in [4.69, 9.17) is 4.98 Å². The minimum Gasteiger partial charge on any atom is -0.342 e. The molecule has 1 saturated heterocycles.